The third-order valence-corrected chi connectivity index (χ3v) is 3.75. The van der Waals surface area contributed by atoms with E-state index in [1.165, 1.54) is 12.1 Å². The molecule has 2 heterocycles. The van der Waals surface area contributed by atoms with Gasteiger partial charge in [0.1, 0.15) is 0 Å². The van der Waals surface area contributed by atoms with Crippen molar-refractivity contribution >= 4 is 22.2 Å². The van der Waals surface area contributed by atoms with E-state index >= 15 is 0 Å². The normalized spacial score (nSPS) is 20.3. The van der Waals surface area contributed by atoms with E-state index in [0.717, 1.165) is 24.2 Å². The molecular formula is C10H13N3O3S. The van der Waals surface area contributed by atoms with Gasteiger partial charge < -0.3 is 10.6 Å². The second kappa shape index (κ2) is 4.80. The van der Waals surface area contributed by atoms with Crippen molar-refractivity contribution in [2.45, 2.75) is 18.9 Å². The van der Waals surface area contributed by atoms with E-state index in [-0.39, 0.29) is 17.0 Å². The first-order chi connectivity index (χ1) is 8.08. The molecule has 1 aliphatic rings. The monoisotopic (exact) mass is 255 g/mol. The summed E-state index contributed by atoms with van der Waals surface area (Å²) in [5.74, 6) is -0.154. The van der Waals surface area contributed by atoms with E-state index < -0.39 is 4.92 Å². The molecule has 7 heteroatoms. The van der Waals surface area contributed by atoms with Gasteiger partial charge in [0, 0.05) is 25.2 Å². The fourth-order valence-corrected chi connectivity index (χ4v) is 2.68. The molecular weight excluding hydrogens is 242 g/mol. The molecule has 1 saturated heterocycles. The van der Waals surface area contributed by atoms with Gasteiger partial charge >= 0.3 is 5.00 Å². The van der Waals surface area contributed by atoms with E-state index in [1.54, 1.807) is 4.90 Å². The fourth-order valence-electron chi connectivity index (χ4n) is 1.89. The van der Waals surface area contributed by atoms with Gasteiger partial charge in [0.2, 0.25) is 0 Å². The minimum Gasteiger partial charge on any atom is -0.336 e. The van der Waals surface area contributed by atoms with Gasteiger partial charge in [-0.25, -0.2) is 0 Å². The number of hydrogen-bond donors (Lipinski definition) is 1. The van der Waals surface area contributed by atoms with Crippen LogP contribution in [0.1, 0.15) is 22.5 Å². The summed E-state index contributed by atoms with van der Waals surface area (Å²) in [6.45, 7) is 1.21. The molecule has 0 spiro atoms. The Morgan fingerprint density at radius 2 is 2.35 bits per heavy atom. The van der Waals surface area contributed by atoms with Gasteiger partial charge in [0.05, 0.1) is 9.80 Å². The fraction of sp³-hybridized carbons (Fsp3) is 0.500. The smallest absolute Gasteiger partial charge is 0.324 e. The van der Waals surface area contributed by atoms with Gasteiger partial charge in [-0.3, -0.25) is 14.9 Å². The number of hydrogen-bond acceptors (Lipinski definition) is 5. The second-order valence-electron chi connectivity index (χ2n) is 4.05. The summed E-state index contributed by atoms with van der Waals surface area (Å²) in [5, 5.41) is 10.5. The highest BCUT2D eigenvalue weighted by Gasteiger charge is 2.24. The van der Waals surface area contributed by atoms with Crippen LogP contribution in [0.25, 0.3) is 0 Å². The predicted molar refractivity (Wildman–Crippen MR) is 64.1 cm³/mol. The topological polar surface area (TPSA) is 89.5 Å². The number of amides is 1. The van der Waals surface area contributed by atoms with E-state index in [4.69, 9.17) is 5.73 Å². The largest absolute Gasteiger partial charge is 0.336 e. The summed E-state index contributed by atoms with van der Waals surface area (Å²) < 4.78 is 0. The Kier molecular flexibility index (Phi) is 3.39. The lowest BCUT2D eigenvalue weighted by molar-refractivity contribution is -0.380. The summed E-state index contributed by atoms with van der Waals surface area (Å²) in [7, 11) is 0. The third-order valence-electron chi connectivity index (χ3n) is 2.73. The van der Waals surface area contributed by atoms with E-state index in [1.807, 2.05) is 0 Å². The van der Waals surface area contributed by atoms with Crippen molar-refractivity contribution in [2.24, 2.45) is 5.73 Å². The minimum atomic E-state index is -0.483. The first-order valence-electron chi connectivity index (χ1n) is 5.37. The number of thiophene rings is 1. The molecule has 2 N–H and O–H groups in total. The van der Waals surface area contributed by atoms with E-state index in [9.17, 15) is 14.9 Å². The molecule has 17 heavy (non-hydrogen) atoms. The van der Waals surface area contributed by atoms with Gasteiger partial charge in [-0.2, -0.15) is 0 Å². The molecule has 0 aromatic carbocycles. The Bertz CT molecular complexity index is 446. The van der Waals surface area contributed by atoms with Crippen LogP contribution in [0.4, 0.5) is 5.00 Å². The van der Waals surface area contributed by atoms with Crippen LogP contribution in [0.3, 0.4) is 0 Å². The van der Waals surface area contributed by atoms with Crippen LogP contribution in [0.15, 0.2) is 12.1 Å². The van der Waals surface area contributed by atoms with Gasteiger partial charge in [-0.15, -0.1) is 0 Å². The van der Waals surface area contributed by atoms with Crippen molar-refractivity contribution < 1.29 is 9.72 Å². The van der Waals surface area contributed by atoms with Crippen molar-refractivity contribution in [2.75, 3.05) is 13.1 Å². The number of carbonyl (C=O) groups excluding carboxylic acids is 1. The van der Waals surface area contributed by atoms with Crippen LogP contribution in [0.5, 0.6) is 0 Å². The van der Waals surface area contributed by atoms with Crippen LogP contribution >= 0.6 is 11.3 Å². The van der Waals surface area contributed by atoms with Gasteiger partial charge in [-0.05, 0) is 18.9 Å². The molecule has 1 aromatic heterocycles. The molecule has 92 valence electrons. The number of piperidine rings is 1. The highest BCUT2D eigenvalue weighted by molar-refractivity contribution is 7.17. The average molecular weight is 255 g/mol. The predicted octanol–water partition coefficient (Wildman–Crippen LogP) is 1.22. The number of carbonyl (C=O) groups is 1. The maximum absolute atomic E-state index is 12.0. The van der Waals surface area contributed by atoms with Crippen molar-refractivity contribution in [1.82, 2.24) is 4.90 Å². The van der Waals surface area contributed by atoms with E-state index in [0.29, 0.717) is 18.0 Å². The summed E-state index contributed by atoms with van der Waals surface area (Å²) in [4.78, 5) is 24.2. The lowest BCUT2D eigenvalue weighted by Crippen LogP contribution is -2.45. The number of nitrogens with two attached hydrogens (primary N) is 1. The summed E-state index contributed by atoms with van der Waals surface area (Å²) in [6, 6.07) is 2.88. The summed E-state index contributed by atoms with van der Waals surface area (Å²) >= 11 is 0.913. The molecule has 6 nitrogen and oxygen atoms in total. The molecule has 0 aliphatic carbocycles. The Balaban J connectivity index is 2.10. The van der Waals surface area contributed by atoms with Crippen molar-refractivity contribution in [3.63, 3.8) is 0 Å². The zero-order chi connectivity index (χ0) is 12.4. The molecule has 1 aromatic rings. The van der Waals surface area contributed by atoms with Crippen molar-refractivity contribution in [3.05, 3.63) is 27.1 Å². The van der Waals surface area contributed by atoms with Crippen molar-refractivity contribution in [3.8, 4) is 0 Å². The SMILES string of the molecule is NC1CCCN(C(=O)c2ccc([N+](=O)[O-])s2)C1. The Labute approximate surface area is 102 Å². The third kappa shape index (κ3) is 2.62. The number of nitrogens with zero attached hydrogens (tertiary/aromatic N) is 2. The number of nitro groups is 1. The first-order valence-corrected chi connectivity index (χ1v) is 6.18. The highest BCUT2D eigenvalue weighted by Crippen LogP contribution is 2.25. The Morgan fingerprint density at radius 3 is 2.94 bits per heavy atom. The van der Waals surface area contributed by atoms with Crippen LogP contribution in [-0.4, -0.2) is 34.9 Å². The molecule has 2 rings (SSSR count). The zero-order valence-electron chi connectivity index (χ0n) is 9.17. The number of likely N-dealkylation sites (tertiary alicyclic amines) is 1. The van der Waals surface area contributed by atoms with Gasteiger partial charge in [-0.1, -0.05) is 11.3 Å². The van der Waals surface area contributed by atoms with Crippen LogP contribution in [0.2, 0.25) is 0 Å². The van der Waals surface area contributed by atoms with Crippen LogP contribution < -0.4 is 5.73 Å². The average Bonchev–Trinajstić information content (AvgIpc) is 2.77. The van der Waals surface area contributed by atoms with Crippen LogP contribution in [0, 0.1) is 10.1 Å². The Morgan fingerprint density at radius 1 is 1.59 bits per heavy atom. The molecule has 0 bridgehead atoms. The quantitative estimate of drug-likeness (QED) is 0.635. The zero-order valence-corrected chi connectivity index (χ0v) is 9.98. The first kappa shape index (κ1) is 12.0. The Hall–Kier alpha value is -1.47. The highest BCUT2D eigenvalue weighted by atomic mass is 32.1. The molecule has 1 aliphatic heterocycles. The second-order valence-corrected chi connectivity index (χ2v) is 5.11. The standard InChI is InChI=1S/C10H13N3O3S/c11-7-2-1-5-12(6-7)10(14)8-3-4-9(17-8)13(15)16/h3-4,7H,1-2,5-6,11H2. The molecule has 0 radical (unpaired) electrons. The summed E-state index contributed by atoms with van der Waals surface area (Å²) in [5.41, 5.74) is 5.80. The minimum absolute atomic E-state index is 0.00495. The molecule has 1 fully saturated rings. The summed E-state index contributed by atoms with van der Waals surface area (Å²) in [6.07, 6.45) is 1.81. The lowest BCUT2D eigenvalue weighted by atomic mass is 10.1. The molecule has 1 unspecified atom stereocenters. The maximum atomic E-state index is 12.0. The lowest BCUT2D eigenvalue weighted by Gasteiger charge is -2.30. The molecule has 0 saturated carbocycles. The molecule has 1 amide bonds. The van der Waals surface area contributed by atoms with Gasteiger partial charge in [0.25, 0.3) is 5.91 Å². The van der Waals surface area contributed by atoms with E-state index in [2.05, 4.69) is 0 Å². The van der Waals surface area contributed by atoms with Crippen LogP contribution in [-0.2, 0) is 0 Å². The maximum Gasteiger partial charge on any atom is 0.324 e. The van der Waals surface area contributed by atoms with Gasteiger partial charge in [0.15, 0.2) is 0 Å². The number of rotatable bonds is 2. The van der Waals surface area contributed by atoms with Crippen molar-refractivity contribution in [1.29, 1.82) is 0 Å². The molecule has 1 atom stereocenters.